The number of imidazole rings is 1. The molecule has 5 rings (SSSR count). The number of nitrogens with zero attached hydrogens (tertiary/aromatic N) is 4. The molecule has 0 fully saturated rings. The standard InChI is InChI=1S/C30H30N6/c31-28-27-29(36(22-33-27)21-23-13-5-1-6-14-23)35-30(34-28)32-20-12-4-11-19-26(24-15-7-2-8-16-24)25-17-9-3-10-18-25/h1-3,5-10,13-19,22H,4,11-12,20-21H2,(H3,31,32,34,35). The topological polar surface area (TPSA) is 81.7 Å². The van der Waals surface area contributed by atoms with Crippen LogP contribution in [-0.4, -0.2) is 26.1 Å². The Balaban J connectivity index is 1.20. The van der Waals surface area contributed by atoms with Crippen molar-refractivity contribution in [1.82, 2.24) is 19.5 Å². The maximum atomic E-state index is 6.18. The van der Waals surface area contributed by atoms with Crippen molar-refractivity contribution >= 4 is 28.5 Å². The third-order valence-corrected chi connectivity index (χ3v) is 6.12. The van der Waals surface area contributed by atoms with E-state index in [-0.39, 0.29) is 0 Å². The molecule has 0 unspecified atom stereocenters. The van der Waals surface area contributed by atoms with Crippen molar-refractivity contribution in [3.8, 4) is 0 Å². The van der Waals surface area contributed by atoms with Gasteiger partial charge in [0.05, 0.1) is 12.9 Å². The predicted octanol–water partition coefficient (Wildman–Crippen LogP) is 6.17. The fraction of sp³-hybridized carbons (Fsp3) is 0.167. The van der Waals surface area contributed by atoms with Crippen LogP contribution >= 0.6 is 0 Å². The van der Waals surface area contributed by atoms with E-state index < -0.39 is 0 Å². The molecule has 0 aliphatic carbocycles. The summed E-state index contributed by atoms with van der Waals surface area (Å²) in [4.78, 5) is 13.5. The van der Waals surface area contributed by atoms with Crippen LogP contribution in [0.5, 0.6) is 0 Å². The number of nitrogens with two attached hydrogens (primary N) is 1. The number of fused-ring (bicyclic) bond motifs is 1. The van der Waals surface area contributed by atoms with E-state index in [0.29, 0.717) is 23.8 Å². The summed E-state index contributed by atoms with van der Waals surface area (Å²) in [6, 6.07) is 31.4. The Kier molecular flexibility index (Phi) is 7.32. The SMILES string of the molecule is Nc1nc(NCCCCC=C(c2ccccc2)c2ccccc2)nc2c1ncn2Cc1ccccc1. The Morgan fingerprint density at radius 2 is 1.44 bits per heavy atom. The van der Waals surface area contributed by atoms with Crippen LogP contribution in [0.25, 0.3) is 16.7 Å². The molecule has 0 aliphatic heterocycles. The zero-order chi connectivity index (χ0) is 24.6. The van der Waals surface area contributed by atoms with Crippen LogP contribution in [-0.2, 0) is 6.54 Å². The Hall–Kier alpha value is -4.45. The fourth-order valence-electron chi connectivity index (χ4n) is 4.29. The number of aromatic nitrogens is 4. The molecule has 0 radical (unpaired) electrons. The van der Waals surface area contributed by atoms with Gasteiger partial charge in [-0.1, -0.05) is 97.1 Å². The molecule has 0 amide bonds. The summed E-state index contributed by atoms with van der Waals surface area (Å²) < 4.78 is 2.01. The number of nitrogens with one attached hydrogen (secondary N) is 1. The van der Waals surface area contributed by atoms with Gasteiger partial charge in [0.2, 0.25) is 5.95 Å². The number of hydrogen-bond acceptors (Lipinski definition) is 5. The van der Waals surface area contributed by atoms with Crippen LogP contribution in [0.3, 0.4) is 0 Å². The molecule has 180 valence electrons. The van der Waals surface area contributed by atoms with Crippen molar-refractivity contribution in [3.05, 3.63) is 120 Å². The highest BCUT2D eigenvalue weighted by Gasteiger charge is 2.11. The molecule has 0 saturated heterocycles. The molecule has 0 aliphatic rings. The Morgan fingerprint density at radius 3 is 2.11 bits per heavy atom. The first-order valence-corrected chi connectivity index (χ1v) is 12.3. The quantitative estimate of drug-likeness (QED) is 0.237. The lowest BCUT2D eigenvalue weighted by Gasteiger charge is -2.09. The van der Waals surface area contributed by atoms with Crippen LogP contribution in [0, 0.1) is 0 Å². The van der Waals surface area contributed by atoms with E-state index >= 15 is 0 Å². The highest BCUT2D eigenvalue weighted by Crippen LogP contribution is 2.24. The molecule has 0 spiro atoms. The van der Waals surface area contributed by atoms with E-state index in [1.165, 1.54) is 22.3 Å². The minimum Gasteiger partial charge on any atom is -0.382 e. The molecule has 6 nitrogen and oxygen atoms in total. The molecule has 2 aromatic heterocycles. The highest BCUT2D eigenvalue weighted by atomic mass is 15.2. The molecule has 0 saturated carbocycles. The summed E-state index contributed by atoms with van der Waals surface area (Å²) in [6.45, 7) is 1.46. The molecule has 36 heavy (non-hydrogen) atoms. The van der Waals surface area contributed by atoms with Crippen LogP contribution in [0.4, 0.5) is 11.8 Å². The average Bonchev–Trinajstić information content (AvgIpc) is 3.33. The number of allylic oxidation sites excluding steroid dienone is 1. The zero-order valence-electron chi connectivity index (χ0n) is 20.2. The molecule has 0 bridgehead atoms. The second-order valence-corrected chi connectivity index (χ2v) is 8.74. The van der Waals surface area contributed by atoms with Gasteiger partial charge in [0.25, 0.3) is 0 Å². The number of anilines is 2. The highest BCUT2D eigenvalue weighted by molar-refractivity contribution is 5.83. The normalized spacial score (nSPS) is 10.9. The number of benzene rings is 3. The third-order valence-electron chi connectivity index (χ3n) is 6.12. The van der Waals surface area contributed by atoms with Crippen molar-refractivity contribution in [2.75, 3.05) is 17.6 Å². The Bertz CT molecular complexity index is 1380. The minimum absolute atomic E-state index is 0.396. The van der Waals surface area contributed by atoms with Crippen molar-refractivity contribution in [1.29, 1.82) is 0 Å². The maximum Gasteiger partial charge on any atom is 0.226 e. The van der Waals surface area contributed by atoms with Gasteiger partial charge in [-0.15, -0.1) is 0 Å². The van der Waals surface area contributed by atoms with Gasteiger partial charge in [-0.25, -0.2) is 4.98 Å². The molecule has 3 aromatic carbocycles. The molecule has 2 heterocycles. The van der Waals surface area contributed by atoms with E-state index in [0.717, 1.165) is 31.5 Å². The van der Waals surface area contributed by atoms with Crippen molar-refractivity contribution in [2.45, 2.75) is 25.8 Å². The number of nitrogen functional groups attached to an aromatic ring is 1. The van der Waals surface area contributed by atoms with Gasteiger partial charge in [0.1, 0.15) is 5.52 Å². The van der Waals surface area contributed by atoms with Crippen molar-refractivity contribution in [3.63, 3.8) is 0 Å². The minimum atomic E-state index is 0.396. The lowest BCUT2D eigenvalue weighted by atomic mass is 9.96. The van der Waals surface area contributed by atoms with Gasteiger partial charge in [-0.3, -0.25) is 0 Å². The fourth-order valence-corrected chi connectivity index (χ4v) is 4.29. The first kappa shape index (κ1) is 23.3. The number of hydrogen-bond donors (Lipinski definition) is 2. The zero-order valence-corrected chi connectivity index (χ0v) is 20.2. The molecule has 3 N–H and O–H groups in total. The summed E-state index contributed by atoms with van der Waals surface area (Å²) in [6.07, 6.45) is 7.16. The summed E-state index contributed by atoms with van der Waals surface area (Å²) >= 11 is 0. The van der Waals surface area contributed by atoms with Gasteiger partial charge in [-0.2, -0.15) is 9.97 Å². The molecule has 0 atom stereocenters. The second-order valence-electron chi connectivity index (χ2n) is 8.74. The maximum absolute atomic E-state index is 6.18. The van der Waals surface area contributed by atoms with E-state index in [1.807, 2.05) is 22.8 Å². The van der Waals surface area contributed by atoms with Crippen LogP contribution in [0.2, 0.25) is 0 Å². The summed E-state index contributed by atoms with van der Waals surface area (Å²) in [7, 11) is 0. The van der Waals surface area contributed by atoms with Crippen LogP contribution in [0.15, 0.2) is 103 Å². The van der Waals surface area contributed by atoms with Gasteiger partial charge >= 0.3 is 0 Å². The number of unbranched alkanes of at least 4 members (excludes halogenated alkanes) is 2. The van der Waals surface area contributed by atoms with Crippen molar-refractivity contribution < 1.29 is 0 Å². The van der Waals surface area contributed by atoms with Gasteiger partial charge in [-0.05, 0) is 41.5 Å². The Morgan fingerprint density at radius 1 is 0.806 bits per heavy atom. The number of rotatable bonds is 10. The lowest BCUT2D eigenvalue weighted by molar-refractivity contribution is 0.773. The van der Waals surface area contributed by atoms with Gasteiger partial charge in [0, 0.05) is 6.54 Å². The largest absolute Gasteiger partial charge is 0.382 e. The van der Waals surface area contributed by atoms with Gasteiger partial charge in [0.15, 0.2) is 11.5 Å². The van der Waals surface area contributed by atoms with Crippen molar-refractivity contribution in [2.24, 2.45) is 0 Å². The summed E-state index contributed by atoms with van der Waals surface area (Å²) in [5, 5.41) is 3.35. The average molecular weight is 475 g/mol. The third kappa shape index (κ3) is 5.61. The summed E-state index contributed by atoms with van der Waals surface area (Å²) in [5.41, 5.74) is 12.5. The van der Waals surface area contributed by atoms with Crippen LogP contribution in [0.1, 0.15) is 36.0 Å². The Labute approximate surface area is 211 Å². The van der Waals surface area contributed by atoms with E-state index in [4.69, 9.17) is 10.7 Å². The molecule has 6 heteroatoms. The van der Waals surface area contributed by atoms with Crippen LogP contribution < -0.4 is 11.1 Å². The first-order valence-electron chi connectivity index (χ1n) is 12.3. The predicted molar refractivity (Wildman–Crippen MR) is 148 cm³/mol. The first-order chi connectivity index (χ1) is 17.8. The smallest absolute Gasteiger partial charge is 0.226 e. The van der Waals surface area contributed by atoms with Gasteiger partial charge < -0.3 is 15.6 Å². The molecular weight excluding hydrogens is 444 g/mol. The monoisotopic (exact) mass is 474 g/mol. The summed E-state index contributed by atoms with van der Waals surface area (Å²) in [5.74, 6) is 0.937. The van der Waals surface area contributed by atoms with E-state index in [9.17, 15) is 0 Å². The van der Waals surface area contributed by atoms with E-state index in [2.05, 4.69) is 94.2 Å². The second kappa shape index (κ2) is 11.3. The lowest BCUT2D eigenvalue weighted by Crippen LogP contribution is -2.08. The molecule has 5 aromatic rings. The van der Waals surface area contributed by atoms with E-state index in [1.54, 1.807) is 6.33 Å². The molecular formula is C30H30N6.